The molecule has 0 aliphatic heterocycles. The lowest BCUT2D eigenvalue weighted by atomic mass is 10.1. The van der Waals surface area contributed by atoms with E-state index in [-0.39, 0.29) is 5.96 Å². The van der Waals surface area contributed by atoms with E-state index in [9.17, 15) is 19.2 Å². The number of nitrogens with one attached hydrogen (secondary N) is 3. The number of rotatable bonds is 4. The lowest BCUT2D eigenvalue weighted by Gasteiger charge is -2.23. The largest absolute Gasteiger partial charge is 0.467 e. The molecule has 0 fully saturated rings. The van der Waals surface area contributed by atoms with Crippen molar-refractivity contribution in [2.24, 2.45) is 4.99 Å². The van der Waals surface area contributed by atoms with Crippen molar-refractivity contribution in [2.45, 2.75) is 85.2 Å². The molecular formula is C25H38N4O8. The van der Waals surface area contributed by atoms with Crippen molar-refractivity contribution in [3.05, 3.63) is 29.8 Å². The van der Waals surface area contributed by atoms with Crippen LogP contribution in [0, 0.1) is 0 Å². The standard InChI is InChI=1S/C25H38N4O8/c1-23(2,3)35-20(31)27-17(18(30)34-10)15-11-13-16(14-12-15)26-19(28-21(32)36-24(4,5)6)29-22(33)37-25(7,8)9/h11-14,17H,1-10H3,(H,27,31)(H2,26,28,29,32,33)/t17-/m0/s1. The number of alkyl carbamates (subject to hydrolysis) is 3. The van der Waals surface area contributed by atoms with Gasteiger partial charge in [0, 0.05) is 0 Å². The van der Waals surface area contributed by atoms with Crippen LogP contribution in [0.2, 0.25) is 0 Å². The zero-order chi connectivity index (χ0) is 28.6. The summed E-state index contributed by atoms with van der Waals surface area (Å²) >= 11 is 0. The third-order valence-corrected chi connectivity index (χ3v) is 3.80. The van der Waals surface area contributed by atoms with E-state index in [1.165, 1.54) is 31.4 Å². The molecule has 206 valence electrons. The molecule has 37 heavy (non-hydrogen) atoms. The molecule has 3 amide bonds. The maximum Gasteiger partial charge on any atom is 0.414 e. The quantitative estimate of drug-likeness (QED) is 0.227. The highest BCUT2D eigenvalue weighted by atomic mass is 16.6. The van der Waals surface area contributed by atoms with Gasteiger partial charge in [0.15, 0.2) is 6.04 Å². The number of benzene rings is 1. The maximum absolute atomic E-state index is 12.3. The Bertz CT molecular complexity index is 967. The Labute approximate surface area is 217 Å². The van der Waals surface area contributed by atoms with Gasteiger partial charge in [-0.25, -0.2) is 24.2 Å². The third-order valence-electron chi connectivity index (χ3n) is 3.80. The fourth-order valence-electron chi connectivity index (χ4n) is 2.58. The Morgan fingerprint density at radius 1 is 0.703 bits per heavy atom. The molecule has 0 unspecified atom stereocenters. The molecule has 1 rings (SSSR count). The minimum Gasteiger partial charge on any atom is -0.467 e. The molecule has 0 aliphatic rings. The van der Waals surface area contributed by atoms with Gasteiger partial charge >= 0.3 is 24.2 Å². The zero-order valence-electron chi connectivity index (χ0n) is 23.1. The molecule has 1 atom stereocenters. The Morgan fingerprint density at radius 3 is 1.49 bits per heavy atom. The van der Waals surface area contributed by atoms with Crippen molar-refractivity contribution in [3.8, 4) is 0 Å². The normalized spacial score (nSPS) is 12.4. The Kier molecular flexibility index (Phi) is 10.5. The van der Waals surface area contributed by atoms with Crippen molar-refractivity contribution in [1.29, 1.82) is 0 Å². The highest BCUT2D eigenvalue weighted by Crippen LogP contribution is 2.21. The number of nitrogens with zero attached hydrogens (tertiary/aromatic N) is 1. The molecule has 0 aromatic heterocycles. The summed E-state index contributed by atoms with van der Waals surface area (Å²) in [6.45, 7) is 15.2. The van der Waals surface area contributed by atoms with E-state index in [0.717, 1.165) is 0 Å². The van der Waals surface area contributed by atoms with Gasteiger partial charge in [-0.3, -0.25) is 10.6 Å². The monoisotopic (exact) mass is 522 g/mol. The van der Waals surface area contributed by atoms with Crippen LogP contribution < -0.4 is 16.0 Å². The SMILES string of the molecule is COC(=O)[C@@H](NC(=O)OC(C)(C)C)c1ccc(N=C(NC(=O)OC(C)(C)C)NC(=O)OC(C)(C)C)cc1. The smallest absolute Gasteiger partial charge is 0.414 e. The first-order valence-corrected chi connectivity index (χ1v) is 11.5. The van der Waals surface area contributed by atoms with Crippen molar-refractivity contribution >= 4 is 35.9 Å². The first kappa shape index (κ1) is 31.2. The Balaban J connectivity index is 3.20. The molecule has 0 radical (unpaired) electrons. The van der Waals surface area contributed by atoms with Gasteiger partial charge < -0.3 is 24.3 Å². The number of ether oxygens (including phenoxy) is 4. The molecular weight excluding hydrogens is 484 g/mol. The fourth-order valence-corrected chi connectivity index (χ4v) is 2.58. The van der Waals surface area contributed by atoms with E-state index in [0.29, 0.717) is 11.3 Å². The van der Waals surface area contributed by atoms with Gasteiger partial charge in [0.2, 0.25) is 5.96 Å². The average molecular weight is 523 g/mol. The summed E-state index contributed by atoms with van der Waals surface area (Å²) in [6, 6.07) is 4.93. The van der Waals surface area contributed by atoms with Gasteiger partial charge in [-0.1, -0.05) is 12.1 Å². The molecule has 12 heteroatoms. The number of methoxy groups -OCH3 is 1. The molecule has 0 saturated carbocycles. The van der Waals surface area contributed by atoms with E-state index < -0.39 is 47.1 Å². The number of aliphatic imine (C=N–C) groups is 1. The Morgan fingerprint density at radius 2 is 1.11 bits per heavy atom. The van der Waals surface area contributed by atoms with Gasteiger partial charge in [-0.2, -0.15) is 0 Å². The number of carbonyl (C=O) groups excluding carboxylic acids is 4. The molecule has 0 heterocycles. The zero-order valence-corrected chi connectivity index (χ0v) is 23.1. The molecule has 3 N–H and O–H groups in total. The highest BCUT2D eigenvalue weighted by Gasteiger charge is 2.27. The number of hydrogen-bond acceptors (Lipinski definition) is 9. The maximum atomic E-state index is 12.3. The number of amides is 3. The van der Waals surface area contributed by atoms with Crippen molar-refractivity contribution in [1.82, 2.24) is 16.0 Å². The summed E-state index contributed by atoms with van der Waals surface area (Å²) in [4.78, 5) is 53.3. The topological polar surface area (TPSA) is 154 Å². The van der Waals surface area contributed by atoms with Crippen LogP contribution in [0.25, 0.3) is 0 Å². The van der Waals surface area contributed by atoms with Crippen LogP contribution in [0.3, 0.4) is 0 Å². The van der Waals surface area contributed by atoms with E-state index in [1.54, 1.807) is 62.3 Å². The van der Waals surface area contributed by atoms with E-state index in [2.05, 4.69) is 20.9 Å². The van der Waals surface area contributed by atoms with Crippen LogP contribution in [0.15, 0.2) is 29.3 Å². The van der Waals surface area contributed by atoms with Crippen molar-refractivity contribution in [2.75, 3.05) is 7.11 Å². The predicted octanol–water partition coefficient (Wildman–Crippen LogP) is 4.46. The predicted molar refractivity (Wildman–Crippen MR) is 136 cm³/mol. The summed E-state index contributed by atoms with van der Waals surface area (Å²) in [5.41, 5.74) is -1.65. The van der Waals surface area contributed by atoms with Crippen LogP contribution in [0.5, 0.6) is 0 Å². The second-order valence-corrected chi connectivity index (χ2v) is 10.9. The van der Waals surface area contributed by atoms with Crippen LogP contribution in [-0.2, 0) is 23.7 Å². The van der Waals surface area contributed by atoms with Gasteiger partial charge in [-0.15, -0.1) is 0 Å². The molecule has 12 nitrogen and oxygen atoms in total. The van der Waals surface area contributed by atoms with Crippen molar-refractivity contribution < 1.29 is 38.1 Å². The van der Waals surface area contributed by atoms with Crippen LogP contribution in [0.4, 0.5) is 20.1 Å². The average Bonchev–Trinajstić information content (AvgIpc) is 2.67. The number of guanidine groups is 1. The second kappa shape index (κ2) is 12.4. The number of esters is 1. The van der Waals surface area contributed by atoms with Gasteiger partial charge in [-0.05, 0) is 80.0 Å². The summed E-state index contributed by atoms with van der Waals surface area (Å²) in [5, 5.41) is 7.24. The third kappa shape index (κ3) is 13.2. The lowest BCUT2D eigenvalue weighted by molar-refractivity contribution is -0.143. The highest BCUT2D eigenvalue weighted by molar-refractivity contribution is 6.02. The minimum absolute atomic E-state index is 0.243. The van der Waals surface area contributed by atoms with Crippen LogP contribution in [-0.4, -0.2) is 54.1 Å². The number of carbonyl (C=O) groups is 4. The summed E-state index contributed by atoms with van der Waals surface area (Å²) in [6.07, 6.45) is -2.48. The van der Waals surface area contributed by atoms with E-state index in [4.69, 9.17) is 18.9 Å². The summed E-state index contributed by atoms with van der Waals surface area (Å²) < 4.78 is 20.5. The number of hydrogen-bond donors (Lipinski definition) is 3. The van der Waals surface area contributed by atoms with E-state index in [1.807, 2.05) is 0 Å². The molecule has 1 aromatic carbocycles. The molecule has 0 spiro atoms. The summed E-state index contributed by atoms with van der Waals surface area (Å²) in [5.74, 6) is -0.950. The molecule has 0 aliphatic carbocycles. The van der Waals surface area contributed by atoms with Crippen LogP contribution in [0.1, 0.15) is 73.9 Å². The first-order chi connectivity index (χ1) is 16.8. The minimum atomic E-state index is -1.14. The van der Waals surface area contributed by atoms with Gasteiger partial charge in [0.05, 0.1) is 12.8 Å². The Hall–Kier alpha value is -3.83. The van der Waals surface area contributed by atoms with Gasteiger partial charge in [0.25, 0.3) is 0 Å². The molecule has 0 bridgehead atoms. The van der Waals surface area contributed by atoms with E-state index >= 15 is 0 Å². The summed E-state index contributed by atoms with van der Waals surface area (Å²) in [7, 11) is 1.20. The molecule has 1 aromatic rings. The molecule has 0 saturated heterocycles. The fraction of sp³-hybridized carbons (Fsp3) is 0.560. The van der Waals surface area contributed by atoms with Crippen molar-refractivity contribution in [3.63, 3.8) is 0 Å². The van der Waals surface area contributed by atoms with Gasteiger partial charge in [0.1, 0.15) is 16.8 Å². The second-order valence-electron chi connectivity index (χ2n) is 10.9. The first-order valence-electron chi connectivity index (χ1n) is 11.5. The lowest BCUT2D eigenvalue weighted by Crippen LogP contribution is -2.47. The van der Waals surface area contributed by atoms with Crippen LogP contribution >= 0.6 is 0 Å².